The first-order valence-corrected chi connectivity index (χ1v) is 9.21. The van der Waals surface area contributed by atoms with Gasteiger partial charge in [0.15, 0.2) is 5.82 Å². The van der Waals surface area contributed by atoms with Crippen LogP contribution in [0.1, 0.15) is 17.2 Å². The Bertz CT molecular complexity index is 897. The average Bonchev–Trinajstić information content (AvgIpc) is 3.19. The maximum Gasteiger partial charge on any atom is 0.416 e. The molecule has 0 bridgehead atoms. The van der Waals surface area contributed by atoms with Gasteiger partial charge in [0.25, 0.3) is 0 Å². The zero-order valence-corrected chi connectivity index (χ0v) is 15.0. The van der Waals surface area contributed by atoms with Crippen molar-refractivity contribution >= 4 is 16.7 Å². The molecular weight excluding hydrogens is 375 g/mol. The highest BCUT2D eigenvalue weighted by molar-refractivity contribution is 7.09. The average molecular weight is 391 g/mol. The van der Waals surface area contributed by atoms with E-state index in [0.717, 1.165) is 28.4 Å². The summed E-state index contributed by atoms with van der Waals surface area (Å²) in [5.41, 5.74) is 1.02. The lowest BCUT2D eigenvalue weighted by molar-refractivity contribution is -0.137. The molecule has 1 unspecified atom stereocenters. The molecule has 1 aromatic heterocycles. The first-order valence-electron chi connectivity index (χ1n) is 8.43. The number of aromatic nitrogens is 2. The van der Waals surface area contributed by atoms with Crippen LogP contribution < -0.4 is 4.90 Å². The summed E-state index contributed by atoms with van der Waals surface area (Å²) in [6.45, 7) is 1.67. The maximum atomic E-state index is 12.7. The molecule has 2 heterocycles. The molecule has 4 nitrogen and oxygen atoms in total. The lowest BCUT2D eigenvalue weighted by Gasteiger charge is -2.32. The highest BCUT2D eigenvalue weighted by Crippen LogP contribution is 2.32. The zero-order valence-electron chi connectivity index (χ0n) is 14.2. The third-order valence-electron chi connectivity index (χ3n) is 4.39. The highest BCUT2D eigenvalue weighted by Gasteiger charge is 2.31. The van der Waals surface area contributed by atoms with Gasteiger partial charge in [-0.05, 0) is 17.7 Å². The van der Waals surface area contributed by atoms with Crippen LogP contribution in [0.3, 0.4) is 0 Å². The smallest absolute Gasteiger partial charge is 0.370 e. The Labute approximate surface area is 158 Å². The van der Waals surface area contributed by atoms with Crippen molar-refractivity contribution in [2.45, 2.75) is 12.3 Å². The van der Waals surface area contributed by atoms with E-state index in [1.165, 1.54) is 23.7 Å². The molecule has 1 saturated heterocycles. The molecule has 140 valence electrons. The second-order valence-electron chi connectivity index (χ2n) is 6.19. The predicted octanol–water partition coefficient (Wildman–Crippen LogP) is 4.80. The largest absolute Gasteiger partial charge is 0.416 e. The minimum Gasteiger partial charge on any atom is -0.370 e. The van der Waals surface area contributed by atoms with Crippen LogP contribution in [0.4, 0.5) is 18.3 Å². The van der Waals surface area contributed by atoms with E-state index >= 15 is 0 Å². The summed E-state index contributed by atoms with van der Waals surface area (Å²) >= 11 is 1.31. The number of rotatable bonds is 3. The number of benzene rings is 2. The Morgan fingerprint density at radius 1 is 1.04 bits per heavy atom. The highest BCUT2D eigenvalue weighted by atomic mass is 32.1. The molecule has 0 spiro atoms. The van der Waals surface area contributed by atoms with Gasteiger partial charge in [-0.3, -0.25) is 0 Å². The van der Waals surface area contributed by atoms with Gasteiger partial charge in [-0.25, -0.2) is 0 Å². The number of ether oxygens (including phenoxy) is 1. The topological polar surface area (TPSA) is 38.2 Å². The minimum absolute atomic E-state index is 0.301. The summed E-state index contributed by atoms with van der Waals surface area (Å²) in [5.74, 6) is 0.674. The van der Waals surface area contributed by atoms with Crippen LogP contribution in [0.5, 0.6) is 0 Å². The van der Waals surface area contributed by atoms with E-state index in [2.05, 4.69) is 14.3 Å². The van der Waals surface area contributed by atoms with Gasteiger partial charge < -0.3 is 9.64 Å². The number of nitrogens with zero attached hydrogens (tertiary/aromatic N) is 3. The fraction of sp³-hybridized carbons (Fsp3) is 0.263. The van der Waals surface area contributed by atoms with Gasteiger partial charge in [0.1, 0.15) is 6.10 Å². The van der Waals surface area contributed by atoms with Gasteiger partial charge in [0.2, 0.25) is 5.13 Å². The van der Waals surface area contributed by atoms with Crippen LogP contribution in [0.15, 0.2) is 54.6 Å². The number of anilines is 1. The molecule has 0 N–H and O–H groups in total. The second kappa shape index (κ2) is 7.28. The SMILES string of the molecule is FC(F)(F)c1ccc(C2CN(c3nc(-c4ccccc4)ns3)CCO2)cc1. The summed E-state index contributed by atoms with van der Waals surface area (Å²) in [6, 6.07) is 14.9. The number of alkyl halides is 3. The van der Waals surface area contributed by atoms with E-state index in [9.17, 15) is 13.2 Å². The van der Waals surface area contributed by atoms with E-state index in [1.807, 2.05) is 30.3 Å². The van der Waals surface area contributed by atoms with Gasteiger partial charge >= 0.3 is 6.18 Å². The fourth-order valence-corrected chi connectivity index (χ4v) is 3.68. The molecule has 8 heteroatoms. The van der Waals surface area contributed by atoms with E-state index in [0.29, 0.717) is 25.5 Å². The molecule has 1 fully saturated rings. The first-order chi connectivity index (χ1) is 13.0. The summed E-state index contributed by atoms with van der Waals surface area (Å²) in [6.07, 6.45) is -4.64. The molecule has 0 saturated carbocycles. The van der Waals surface area contributed by atoms with E-state index < -0.39 is 11.7 Å². The third-order valence-corrected chi connectivity index (χ3v) is 5.17. The minimum atomic E-state index is -4.33. The van der Waals surface area contributed by atoms with Crippen LogP contribution in [0.2, 0.25) is 0 Å². The van der Waals surface area contributed by atoms with Crippen LogP contribution >= 0.6 is 11.5 Å². The van der Waals surface area contributed by atoms with Crippen molar-refractivity contribution in [2.24, 2.45) is 0 Å². The predicted molar refractivity (Wildman–Crippen MR) is 97.7 cm³/mol. The van der Waals surface area contributed by atoms with Gasteiger partial charge in [-0.15, -0.1) is 0 Å². The molecule has 0 aliphatic carbocycles. The molecule has 27 heavy (non-hydrogen) atoms. The number of hydrogen-bond acceptors (Lipinski definition) is 5. The van der Waals surface area contributed by atoms with Crippen molar-refractivity contribution in [1.29, 1.82) is 0 Å². The van der Waals surface area contributed by atoms with Crippen molar-refractivity contribution in [3.63, 3.8) is 0 Å². The molecule has 1 aliphatic rings. The molecule has 1 atom stereocenters. The molecule has 0 radical (unpaired) electrons. The zero-order chi connectivity index (χ0) is 18.9. The Morgan fingerprint density at radius 3 is 2.48 bits per heavy atom. The summed E-state index contributed by atoms with van der Waals surface area (Å²) in [4.78, 5) is 6.67. The summed E-state index contributed by atoms with van der Waals surface area (Å²) in [7, 11) is 0. The Morgan fingerprint density at radius 2 is 1.78 bits per heavy atom. The van der Waals surface area contributed by atoms with Crippen molar-refractivity contribution in [3.8, 4) is 11.4 Å². The monoisotopic (exact) mass is 391 g/mol. The lowest BCUT2D eigenvalue weighted by atomic mass is 10.1. The van der Waals surface area contributed by atoms with E-state index in [-0.39, 0.29) is 6.10 Å². The molecule has 3 aromatic rings. The maximum absolute atomic E-state index is 12.7. The van der Waals surface area contributed by atoms with Gasteiger partial charge in [-0.1, -0.05) is 42.5 Å². The number of halogens is 3. The van der Waals surface area contributed by atoms with Crippen molar-refractivity contribution in [1.82, 2.24) is 9.36 Å². The van der Waals surface area contributed by atoms with Gasteiger partial charge in [-0.2, -0.15) is 22.5 Å². The van der Waals surface area contributed by atoms with Gasteiger partial charge in [0, 0.05) is 23.6 Å². The fourth-order valence-electron chi connectivity index (χ4n) is 2.96. The van der Waals surface area contributed by atoms with Crippen LogP contribution in [-0.2, 0) is 10.9 Å². The summed E-state index contributed by atoms with van der Waals surface area (Å²) in [5, 5.41) is 0.786. The normalized spacial score (nSPS) is 17.9. The molecular formula is C19H16F3N3OS. The Balaban J connectivity index is 1.49. The second-order valence-corrected chi connectivity index (χ2v) is 6.92. The Hall–Kier alpha value is -2.45. The van der Waals surface area contributed by atoms with Crippen LogP contribution in [0, 0.1) is 0 Å². The lowest BCUT2D eigenvalue weighted by Crippen LogP contribution is -2.38. The van der Waals surface area contributed by atoms with Crippen LogP contribution in [0.25, 0.3) is 11.4 Å². The van der Waals surface area contributed by atoms with E-state index in [1.54, 1.807) is 0 Å². The third kappa shape index (κ3) is 3.96. The quantitative estimate of drug-likeness (QED) is 0.643. The summed E-state index contributed by atoms with van der Waals surface area (Å²) < 4.78 is 48.4. The molecule has 4 rings (SSSR count). The molecule has 2 aromatic carbocycles. The molecule has 1 aliphatic heterocycles. The van der Waals surface area contributed by atoms with Crippen molar-refractivity contribution in [2.75, 3.05) is 24.6 Å². The van der Waals surface area contributed by atoms with Gasteiger partial charge in [0.05, 0.1) is 18.7 Å². The number of hydrogen-bond donors (Lipinski definition) is 0. The first kappa shape index (κ1) is 17.9. The van der Waals surface area contributed by atoms with Crippen LogP contribution in [-0.4, -0.2) is 29.1 Å². The standard InChI is InChI=1S/C19H16F3N3OS/c20-19(21,22)15-8-6-13(7-9-15)16-12-25(10-11-26-16)18-23-17(24-27-18)14-4-2-1-3-5-14/h1-9,16H,10-12H2. The van der Waals surface area contributed by atoms with Crippen molar-refractivity contribution < 1.29 is 17.9 Å². The van der Waals surface area contributed by atoms with E-state index in [4.69, 9.17) is 4.74 Å². The molecule has 0 amide bonds. The van der Waals surface area contributed by atoms with Crippen molar-refractivity contribution in [3.05, 3.63) is 65.7 Å². The Kier molecular flexibility index (Phi) is 4.84. The number of morpholine rings is 1.